The smallest absolute Gasteiger partial charge is 0.465 e. The topological polar surface area (TPSA) is 48.4 Å². The Labute approximate surface area is 137 Å². The Morgan fingerprint density at radius 3 is 2.24 bits per heavy atom. The monoisotopic (exact) mass is 365 g/mol. The van der Waals surface area contributed by atoms with E-state index in [0.717, 1.165) is 25.3 Å². The number of halogens is 6. The van der Waals surface area contributed by atoms with Gasteiger partial charge in [-0.3, -0.25) is 0 Å². The number of ether oxygens (including phenoxy) is 2. The summed E-state index contributed by atoms with van der Waals surface area (Å²) in [4.78, 5) is 14.9. The van der Waals surface area contributed by atoms with Crippen molar-refractivity contribution in [1.29, 1.82) is 0 Å². The number of benzene rings is 1. The number of nitrogens with zero attached hydrogens (tertiary/aromatic N) is 1. The van der Waals surface area contributed by atoms with Crippen LogP contribution in [0, 0.1) is 0 Å². The predicted molar refractivity (Wildman–Crippen MR) is 72.7 cm³/mol. The molecule has 4 nitrogen and oxygen atoms in total. The lowest BCUT2D eigenvalue weighted by molar-refractivity contribution is -0.274. The molecule has 0 atom stereocenters. The molecule has 0 aliphatic rings. The van der Waals surface area contributed by atoms with Crippen LogP contribution in [0.25, 0.3) is 11.3 Å². The minimum absolute atomic E-state index is 0.365. The number of methoxy groups -OCH3 is 1. The van der Waals surface area contributed by atoms with Crippen LogP contribution >= 0.6 is 0 Å². The van der Waals surface area contributed by atoms with Crippen LogP contribution in [-0.2, 0) is 10.9 Å². The molecule has 0 saturated carbocycles. The lowest BCUT2D eigenvalue weighted by atomic mass is 10.1. The van der Waals surface area contributed by atoms with Gasteiger partial charge >= 0.3 is 18.5 Å². The van der Waals surface area contributed by atoms with E-state index < -0.39 is 41.2 Å². The van der Waals surface area contributed by atoms with Crippen LogP contribution in [0.1, 0.15) is 16.1 Å². The van der Waals surface area contributed by atoms with Crippen LogP contribution < -0.4 is 4.74 Å². The summed E-state index contributed by atoms with van der Waals surface area (Å²) in [6, 6.07) is 5.84. The van der Waals surface area contributed by atoms with Crippen LogP contribution in [0.4, 0.5) is 26.3 Å². The van der Waals surface area contributed by atoms with Crippen molar-refractivity contribution in [3.05, 3.63) is 47.7 Å². The summed E-state index contributed by atoms with van der Waals surface area (Å²) in [6.07, 6.45) is -9.97. The van der Waals surface area contributed by atoms with E-state index in [2.05, 4.69) is 14.5 Å². The van der Waals surface area contributed by atoms with Gasteiger partial charge in [-0.15, -0.1) is 13.2 Å². The average molecular weight is 365 g/mol. The normalized spacial score (nSPS) is 12.0. The van der Waals surface area contributed by atoms with Gasteiger partial charge in [-0.2, -0.15) is 13.2 Å². The van der Waals surface area contributed by atoms with Crippen molar-refractivity contribution < 1.29 is 40.6 Å². The molecule has 0 radical (unpaired) electrons. The number of hydrogen-bond donors (Lipinski definition) is 0. The molecule has 134 valence electrons. The molecular weight excluding hydrogens is 356 g/mol. The van der Waals surface area contributed by atoms with Crippen molar-refractivity contribution in [2.45, 2.75) is 12.5 Å². The second-order valence-corrected chi connectivity index (χ2v) is 4.66. The molecule has 1 heterocycles. The van der Waals surface area contributed by atoms with E-state index in [1.54, 1.807) is 0 Å². The number of carbonyl (C=O) groups excluding carboxylic acids is 1. The molecule has 1 aromatic carbocycles. The standard InChI is InChI=1S/C15H9F6NO3/c1-24-13(23)8-6-10(22-12(7-8)14(16,17)18)9-4-2-3-5-11(9)25-15(19,20)21/h2-7H,1H3. The minimum Gasteiger partial charge on any atom is -0.465 e. The minimum atomic E-state index is -5.05. The van der Waals surface area contributed by atoms with Gasteiger partial charge in [0, 0.05) is 5.56 Å². The number of para-hydroxylation sites is 1. The summed E-state index contributed by atoms with van der Waals surface area (Å²) >= 11 is 0. The first-order valence-corrected chi connectivity index (χ1v) is 6.54. The first-order chi connectivity index (χ1) is 11.5. The van der Waals surface area contributed by atoms with E-state index in [4.69, 9.17) is 0 Å². The third-order valence-electron chi connectivity index (χ3n) is 2.93. The molecule has 0 aliphatic carbocycles. The van der Waals surface area contributed by atoms with E-state index in [1.165, 1.54) is 12.1 Å². The molecule has 0 fully saturated rings. The van der Waals surface area contributed by atoms with Gasteiger partial charge in [0.2, 0.25) is 0 Å². The molecule has 2 rings (SSSR count). The molecule has 0 amide bonds. The molecule has 0 N–H and O–H groups in total. The third kappa shape index (κ3) is 4.61. The molecule has 10 heteroatoms. The van der Waals surface area contributed by atoms with E-state index in [1.807, 2.05) is 0 Å². The lowest BCUT2D eigenvalue weighted by Crippen LogP contribution is -2.18. The first-order valence-electron chi connectivity index (χ1n) is 6.54. The van der Waals surface area contributed by atoms with Gasteiger partial charge in [0.1, 0.15) is 11.4 Å². The lowest BCUT2D eigenvalue weighted by Gasteiger charge is -2.15. The Kier molecular flexibility index (Phi) is 4.91. The molecule has 2 aromatic rings. The Morgan fingerprint density at radius 1 is 1.04 bits per heavy atom. The highest BCUT2D eigenvalue weighted by Crippen LogP contribution is 2.36. The molecule has 1 aromatic heterocycles. The largest absolute Gasteiger partial charge is 0.573 e. The molecule has 0 aliphatic heterocycles. The molecule has 25 heavy (non-hydrogen) atoms. The summed E-state index contributed by atoms with van der Waals surface area (Å²) in [5.41, 5.74) is -2.85. The van der Waals surface area contributed by atoms with E-state index in [9.17, 15) is 31.1 Å². The number of pyridine rings is 1. The molecule has 0 saturated heterocycles. The van der Waals surface area contributed by atoms with Gasteiger partial charge in [0.25, 0.3) is 0 Å². The van der Waals surface area contributed by atoms with Crippen molar-refractivity contribution in [3.63, 3.8) is 0 Å². The molecular formula is C15H9F6NO3. The zero-order chi connectivity index (χ0) is 18.8. The maximum Gasteiger partial charge on any atom is 0.573 e. The first kappa shape index (κ1) is 18.6. The van der Waals surface area contributed by atoms with Crippen molar-refractivity contribution in [3.8, 4) is 17.0 Å². The fourth-order valence-electron chi connectivity index (χ4n) is 1.94. The van der Waals surface area contributed by atoms with Crippen molar-refractivity contribution >= 4 is 5.97 Å². The van der Waals surface area contributed by atoms with Gasteiger partial charge in [-0.05, 0) is 24.3 Å². The van der Waals surface area contributed by atoms with Crippen LogP contribution in [0.15, 0.2) is 36.4 Å². The van der Waals surface area contributed by atoms with Gasteiger partial charge in [-0.1, -0.05) is 12.1 Å². The second-order valence-electron chi connectivity index (χ2n) is 4.66. The zero-order valence-corrected chi connectivity index (χ0v) is 12.4. The van der Waals surface area contributed by atoms with Gasteiger partial charge in [0.15, 0.2) is 0 Å². The highest BCUT2D eigenvalue weighted by atomic mass is 19.4. The SMILES string of the molecule is COC(=O)c1cc(-c2ccccc2OC(F)(F)F)nc(C(F)(F)F)c1. The summed E-state index contributed by atoms with van der Waals surface area (Å²) in [5, 5.41) is 0. The van der Waals surface area contributed by atoms with E-state index in [-0.39, 0.29) is 5.56 Å². The van der Waals surface area contributed by atoms with Crippen LogP contribution in [-0.4, -0.2) is 24.4 Å². The average Bonchev–Trinajstić information content (AvgIpc) is 2.52. The number of rotatable bonds is 3. The van der Waals surface area contributed by atoms with Crippen LogP contribution in [0.3, 0.4) is 0 Å². The van der Waals surface area contributed by atoms with Crippen molar-refractivity contribution in [2.24, 2.45) is 0 Å². The Bertz CT molecular complexity index is 786. The maximum absolute atomic E-state index is 13.0. The molecule has 0 unspecified atom stereocenters. The van der Waals surface area contributed by atoms with E-state index >= 15 is 0 Å². The van der Waals surface area contributed by atoms with Gasteiger partial charge < -0.3 is 9.47 Å². The van der Waals surface area contributed by atoms with Crippen molar-refractivity contribution in [1.82, 2.24) is 4.98 Å². The van der Waals surface area contributed by atoms with Gasteiger partial charge in [0.05, 0.1) is 18.4 Å². The zero-order valence-electron chi connectivity index (χ0n) is 12.4. The number of alkyl halides is 6. The highest BCUT2D eigenvalue weighted by molar-refractivity contribution is 5.91. The number of carbonyl (C=O) groups is 1. The second kappa shape index (κ2) is 6.61. The summed E-state index contributed by atoms with van der Waals surface area (Å²) in [7, 11) is 0.955. The Balaban J connectivity index is 2.65. The maximum atomic E-state index is 13.0. The summed E-state index contributed by atoms with van der Waals surface area (Å²) in [5.74, 6) is -1.85. The summed E-state index contributed by atoms with van der Waals surface area (Å²) < 4.78 is 84.5. The van der Waals surface area contributed by atoms with E-state index in [0.29, 0.717) is 6.07 Å². The third-order valence-corrected chi connectivity index (χ3v) is 2.93. The van der Waals surface area contributed by atoms with Crippen molar-refractivity contribution in [2.75, 3.05) is 7.11 Å². The quantitative estimate of drug-likeness (QED) is 0.596. The highest BCUT2D eigenvalue weighted by Gasteiger charge is 2.35. The van der Waals surface area contributed by atoms with Crippen LogP contribution in [0.2, 0.25) is 0 Å². The fraction of sp³-hybridized carbons (Fsp3) is 0.200. The number of hydrogen-bond acceptors (Lipinski definition) is 4. The molecule has 0 bridgehead atoms. The number of esters is 1. The Hall–Kier alpha value is -2.78. The summed E-state index contributed by atoms with van der Waals surface area (Å²) in [6.45, 7) is 0. The number of aromatic nitrogens is 1. The predicted octanol–water partition coefficient (Wildman–Crippen LogP) is 4.45. The fourth-order valence-corrected chi connectivity index (χ4v) is 1.94. The van der Waals surface area contributed by atoms with Crippen LogP contribution in [0.5, 0.6) is 5.75 Å². The molecule has 0 spiro atoms. The Morgan fingerprint density at radius 2 is 1.68 bits per heavy atom. The van der Waals surface area contributed by atoms with Gasteiger partial charge in [-0.25, -0.2) is 9.78 Å².